The maximum absolute atomic E-state index is 11.7. The highest BCUT2D eigenvalue weighted by Crippen LogP contribution is 2.22. The summed E-state index contributed by atoms with van der Waals surface area (Å²) >= 11 is 0. The Hall–Kier alpha value is -2.37. The van der Waals surface area contributed by atoms with Crippen molar-refractivity contribution in [1.82, 2.24) is 0 Å². The smallest absolute Gasteiger partial charge is 0.412 e. The van der Waals surface area contributed by atoms with E-state index in [9.17, 15) is 14.7 Å². The van der Waals surface area contributed by atoms with E-state index in [4.69, 9.17) is 4.74 Å². The number of hydrogen-bond acceptors (Lipinski definition) is 4. The Kier molecular flexibility index (Phi) is 5.03. The van der Waals surface area contributed by atoms with Crippen LogP contribution in [0.2, 0.25) is 0 Å². The number of carbonyl (C=O) groups is 2. The number of anilines is 1. The van der Waals surface area contributed by atoms with Crippen molar-refractivity contribution in [2.75, 3.05) is 11.9 Å². The predicted octanol–water partition coefficient (Wildman–Crippen LogP) is 3.32. The molecule has 6 heteroatoms. The van der Waals surface area contributed by atoms with Crippen molar-refractivity contribution in [3.63, 3.8) is 0 Å². The second-order valence-corrected chi connectivity index (χ2v) is 6.50. The molecule has 1 aliphatic heterocycles. The van der Waals surface area contributed by atoms with Crippen molar-refractivity contribution >= 4 is 23.5 Å². The van der Waals surface area contributed by atoms with Gasteiger partial charge in [0.1, 0.15) is 5.60 Å². The SMILES string of the molecule is CC(C)(C)OC(=O)Nc1ccc(C2=NCCC[C@H]2C(=O)O)cc1. The monoisotopic (exact) mass is 318 g/mol. The van der Waals surface area contributed by atoms with Gasteiger partial charge < -0.3 is 9.84 Å². The number of carboxylic acids is 1. The van der Waals surface area contributed by atoms with Gasteiger partial charge in [0.15, 0.2) is 0 Å². The molecule has 0 radical (unpaired) electrons. The molecule has 0 saturated heterocycles. The fraction of sp³-hybridized carbons (Fsp3) is 0.471. The van der Waals surface area contributed by atoms with Crippen LogP contribution >= 0.6 is 0 Å². The second kappa shape index (κ2) is 6.81. The first-order valence-electron chi connectivity index (χ1n) is 7.64. The number of hydrogen-bond donors (Lipinski definition) is 2. The minimum absolute atomic E-state index is 0.524. The number of rotatable bonds is 3. The van der Waals surface area contributed by atoms with E-state index in [-0.39, 0.29) is 0 Å². The van der Waals surface area contributed by atoms with Crippen molar-refractivity contribution in [2.45, 2.75) is 39.2 Å². The number of nitrogens with zero attached hydrogens (tertiary/aromatic N) is 1. The van der Waals surface area contributed by atoms with E-state index in [1.807, 2.05) is 0 Å². The lowest BCUT2D eigenvalue weighted by molar-refractivity contribution is -0.139. The van der Waals surface area contributed by atoms with Crippen LogP contribution in [0.15, 0.2) is 29.3 Å². The van der Waals surface area contributed by atoms with Gasteiger partial charge in [0, 0.05) is 12.2 Å². The molecule has 0 aliphatic carbocycles. The van der Waals surface area contributed by atoms with E-state index in [1.165, 1.54) is 0 Å². The fourth-order valence-corrected chi connectivity index (χ4v) is 2.42. The molecule has 0 unspecified atom stereocenters. The molecule has 6 nitrogen and oxygen atoms in total. The normalized spacial score (nSPS) is 18.0. The molecule has 23 heavy (non-hydrogen) atoms. The second-order valence-electron chi connectivity index (χ2n) is 6.50. The number of amides is 1. The van der Waals surface area contributed by atoms with Crippen LogP contribution < -0.4 is 5.32 Å². The van der Waals surface area contributed by atoms with Gasteiger partial charge in [-0.05, 0) is 51.3 Å². The molecular weight excluding hydrogens is 296 g/mol. The summed E-state index contributed by atoms with van der Waals surface area (Å²) in [5.41, 5.74) is 1.40. The molecule has 1 amide bonds. The molecule has 0 saturated carbocycles. The molecule has 1 aliphatic rings. The minimum atomic E-state index is -0.848. The summed E-state index contributed by atoms with van der Waals surface area (Å²) in [7, 11) is 0. The molecule has 1 atom stereocenters. The number of nitrogens with one attached hydrogen (secondary N) is 1. The zero-order valence-corrected chi connectivity index (χ0v) is 13.6. The molecule has 0 bridgehead atoms. The molecule has 2 rings (SSSR count). The zero-order valence-electron chi connectivity index (χ0n) is 13.6. The van der Waals surface area contributed by atoms with Crippen LogP contribution in [0.4, 0.5) is 10.5 Å². The molecule has 124 valence electrons. The van der Waals surface area contributed by atoms with Crippen molar-refractivity contribution in [3.8, 4) is 0 Å². The molecule has 0 spiro atoms. The summed E-state index contributed by atoms with van der Waals surface area (Å²) in [5, 5.41) is 11.9. The highest BCUT2D eigenvalue weighted by atomic mass is 16.6. The highest BCUT2D eigenvalue weighted by molar-refractivity contribution is 6.12. The Morgan fingerprint density at radius 2 is 1.91 bits per heavy atom. The van der Waals surface area contributed by atoms with Crippen molar-refractivity contribution < 1.29 is 19.4 Å². The lowest BCUT2D eigenvalue weighted by Crippen LogP contribution is -2.28. The van der Waals surface area contributed by atoms with E-state index >= 15 is 0 Å². The maximum Gasteiger partial charge on any atom is 0.412 e. The van der Waals surface area contributed by atoms with Gasteiger partial charge >= 0.3 is 12.1 Å². The Morgan fingerprint density at radius 3 is 2.48 bits per heavy atom. The lowest BCUT2D eigenvalue weighted by Gasteiger charge is -2.21. The summed E-state index contributed by atoms with van der Waals surface area (Å²) in [5.74, 6) is -1.41. The number of benzene rings is 1. The van der Waals surface area contributed by atoms with E-state index in [0.29, 0.717) is 24.4 Å². The minimum Gasteiger partial charge on any atom is -0.481 e. The average molecular weight is 318 g/mol. The number of carbonyl (C=O) groups excluding carboxylic acids is 1. The van der Waals surface area contributed by atoms with Crippen LogP contribution in [-0.2, 0) is 9.53 Å². The zero-order chi connectivity index (χ0) is 17.0. The number of ether oxygens (including phenoxy) is 1. The van der Waals surface area contributed by atoms with E-state index in [2.05, 4.69) is 10.3 Å². The van der Waals surface area contributed by atoms with E-state index in [1.54, 1.807) is 45.0 Å². The van der Waals surface area contributed by atoms with Gasteiger partial charge in [-0.15, -0.1) is 0 Å². The number of aliphatic imine (C=N–C) groups is 1. The van der Waals surface area contributed by atoms with Gasteiger partial charge in [0.05, 0.1) is 11.6 Å². The van der Waals surface area contributed by atoms with Gasteiger partial charge in [0.25, 0.3) is 0 Å². The third kappa shape index (κ3) is 4.81. The molecule has 1 heterocycles. The average Bonchev–Trinajstić information content (AvgIpc) is 2.46. The van der Waals surface area contributed by atoms with Gasteiger partial charge in [-0.2, -0.15) is 0 Å². The van der Waals surface area contributed by atoms with E-state index < -0.39 is 23.6 Å². The Labute approximate surface area is 135 Å². The molecule has 1 aromatic carbocycles. The molecular formula is C17H22N2O4. The standard InChI is InChI=1S/C17H22N2O4/c1-17(2,3)23-16(22)19-12-8-6-11(7-9-12)14-13(15(20)21)5-4-10-18-14/h6-9,13H,4-5,10H2,1-3H3,(H,19,22)(H,20,21)/t13-/m1/s1. The van der Waals surface area contributed by atoms with Gasteiger partial charge in [0.2, 0.25) is 0 Å². The quantitative estimate of drug-likeness (QED) is 0.895. The molecule has 2 N–H and O–H groups in total. The Morgan fingerprint density at radius 1 is 1.26 bits per heavy atom. The van der Waals surface area contributed by atoms with Crippen LogP contribution in [0.1, 0.15) is 39.2 Å². The first-order chi connectivity index (χ1) is 10.8. The van der Waals surface area contributed by atoms with E-state index in [0.717, 1.165) is 12.0 Å². The lowest BCUT2D eigenvalue weighted by atomic mass is 9.90. The fourth-order valence-electron chi connectivity index (χ4n) is 2.42. The topological polar surface area (TPSA) is 88.0 Å². The number of aliphatic carboxylic acids is 1. The third-order valence-corrected chi connectivity index (χ3v) is 3.39. The Balaban J connectivity index is 2.09. The maximum atomic E-state index is 11.7. The van der Waals surface area contributed by atoms with Crippen LogP contribution in [0, 0.1) is 5.92 Å². The van der Waals surface area contributed by atoms with Crippen molar-refractivity contribution in [1.29, 1.82) is 0 Å². The first kappa shape index (κ1) is 17.0. The van der Waals surface area contributed by atoms with Gasteiger partial charge in [-0.1, -0.05) is 12.1 Å². The summed E-state index contributed by atoms with van der Waals surface area (Å²) in [4.78, 5) is 27.4. The van der Waals surface area contributed by atoms with Crippen molar-refractivity contribution in [2.24, 2.45) is 10.9 Å². The largest absolute Gasteiger partial charge is 0.481 e. The summed E-state index contributed by atoms with van der Waals surface area (Å²) < 4.78 is 5.19. The highest BCUT2D eigenvalue weighted by Gasteiger charge is 2.27. The summed E-state index contributed by atoms with van der Waals surface area (Å²) in [6.07, 6.45) is 0.869. The van der Waals surface area contributed by atoms with Crippen molar-refractivity contribution in [3.05, 3.63) is 29.8 Å². The Bertz CT molecular complexity index is 614. The van der Waals surface area contributed by atoms with Crippen LogP contribution in [0.25, 0.3) is 0 Å². The first-order valence-corrected chi connectivity index (χ1v) is 7.64. The summed E-state index contributed by atoms with van der Waals surface area (Å²) in [6, 6.07) is 6.98. The predicted molar refractivity (Wildman–Crippen MR) is 88.1 cm³/mol. The number of carboxylic acid groups (broad SMARTS) is 1. The van der Waals surface area contributed by atoms with Crippen LogP contribution in [0.5, 0.6) is 0 Å². The van der Waals surface area contributed by atoms with Crippen LogP contribution in [0.3, 0.4) is 0 Å². The van der Waals surface area contributed by atoms with Crippen LogP contribution in [-0.4, -0.2) is 35.0 Å². The van der Waals surface area contributed by atoms with Gasteiger partial charge in [-0.25, -0.2) is 4.79 Å². The molecule has 0 aromatic heterocycles. The third-order valence-electron chi connectivity index (χ3n) is 3.39. The molecule has 1 aromatic rings. The summed E-state index contributed by atoms with van der Waals surface area (Å²) in [6.45, 7) is 6.03. The molecule has 0 fully saturated rings. The van der Waals surface area contributed by atoms with Gasteiger partial charge in [-0.3, -0.25) is 15.1 Å².